The second kappa shape index (κ2) is 10.2. The van der Waals surface area contributed by atoms with Crippen molar-refractivity contribution in [1.82, 2.24) is 0 Å². The topological polar surface area (TPSA) is 93.8 Å². The summed E-state index contributed by atoms with van der Waals surface area (Å²) < 4.78 is 42.7. The Hall–Kier alpha value is -3.34. The van der Waals surface area contributed by atoms with E-state index >= 15 is 0 Å². The number of carbonyl (C=O) groups excluding carboxylic acids is 1. The summed E-state index contributed by atoms with van der Waals surface area (Å²) in [6.45, 7) is -0.225. The molecule has 1 aliphatic rings. The molecule has 3 aromatic carbocycles. The molecule has 0 aromatic heterocycles. The Bertz CT molecular complexity index is 1390. The van der Waals surface area contributed by atoms with Crippen molar-refractivity contribution in [1.29, 1.82) is 0 Å². The fraction of sp³-hybridized carbons (Fsp3) is 0.167. The lowest BCUT2D eigenvalue weighted by molar-refractivity contribution is -0.384. The summed E-state index contributed by atoms with van der Waals surface area (Å²) >= 11 is 18.1. The first-order chi connectivity index (χ1) is 17.4. The van der Waals surface area contributed by atoms with E-state index < -0.39 is 23.1 Å². The summed E-state index contributed by atoms with van der Waals surface area (Å²) in [5.74, 6) is -0.383. The molecule has 4 rings (SSSR count). The normalized spacial score (nSPS) is 17.2. The smallest absolute Gasteiger partial charge is 0.376 e. The molecule has 1 atom stereocenters. The summed E-state index contributed by atoms with van der Waals surface area (Å²) in [5.41, 5.74) is -2.46. The van der Waals surface area contributed by atoms with Crippen LogP contribution < -0.4 is 5.32 Å². The van der Waals surface area contributed by atoms with Crippen LogP contribution in [0, 0.1) is 10.1 Å². The molecular formula is C24H15Cl3F3N3O4. The molecule has 0 saturated heterocycles. The van der Waals surface area contributed by atoms with Gasteiger partial charge in [0.25, 0.3) is 11.3 Å². The molecule has 0 spiro atoms. The van der Waals surface area contributed by atoms with E-state index in [-0.39, 0.29) is 61.2 Å². The van der Waals surface area contributed by atoms with Crippen LogP contribution in [0.15, 0.2) is 65.8 Å². The number of nitro groups is 1. The summed E-state index contributed by atoms with van der Waals surface area (Å²) in [7, 11) is 0. The monoisotopic (exact) mass is 571 g/mol. The second-order valence-corrected chi connectivity index (χ2v) is 9.34. The molecule has 0 radical (unpaired) electrons. The molecule has 0 saturated carbocycles. The highest BCUT2D eigenvalue weighted by Crippen LogP contribution is 2.49. The molecule has 1 heterocycles. The van der Waals surface area contributed by atoms with Crippen molar-refractivity contribution in [2.24, 2.45) is 5.16 Å². The molecule has 1 aliphatic heterocycles. The van der Waals surface area contributed by atoms with Gasteiger partial charge in [-0.1, -0.05) is 46.0 Å². The van der Waals surface area contributed by atoms with Crippen LogP contribution in [0.1, 0.15) is 27.9 Å². The van der Waals surface area contributed by atoms with E-state index in [0.717, 1.165) is 12.1 Å². The highest BCUT2D eigenvalue weighted by Gasteiger charge is 2.62. The first kappa shape index (κ1) is 26.7. The van der Waals surface area contributed by atoms with Gasteiger partial charge >= 0.3 is 6.18 Å². The van der Waals surface area contributed by atoms with Gasteiger partial charge in [0.2, 0.25) is 0 Å². The fourth-order valence-corrected chi connectivity index (χ4v) is 4.44. The first-order valence-corrected chi connectivity index (χ1v) is 11.6. The third-order valence-electron chi connectivity index (χ3n) is 5.65. The largest absolute Gasteiger partial charge is 0.435 e. The minimum atomic E-state index is -4.85. The maximum atomic E-state index is 14.2. The van der Waals surface area contributed by atoms with Crippen molar-refractivity contribution in [2.75, 3.05) is 11.9 Å². The Labute approximate surface area is 222 Å². The van der Waals surface area contributed by atoms with E-state index in [1.807, 2.05) is 0 Å². The van der Waals surface area contributed by atoms with Crippen LogP contribution in [-0.2, 0) is 10.4 Å². The number of Topliss-reactive ketones (excluding diaryl/α,β-unsaturated/α-hetero) is 1. The van der Waals surface area contributed by atoms with Crippen molar-refractivity contribution in [3.8, 4) is 0 Å². The number of alkyl halides is 3. The molecule has 0 aliphatic carbocycles. The molecule has 7 nitrogen and oxygen atoms in total. The van der Waals surface area contributed by atoms with E-state index in [2.05, 4.69) is 10.5 Å². The van der Waals surface area contributed by atoms with Gasteiger partial charge in [-0.25, -0.2) is 0 Å². The second-order valence-electron chi connectivity index (χ2n) is 8.06. The SMILES string of the molecule is O=C(CNc1cc(C2=NOC(c3cc(Cl)cc(Cl)c3)(C(F)(F)F)C2)ccc1Cl)c1ccc([N+](=O)[O-])cc1. The number of hydrogen-bond donors (Lipinski definition) is 1. The Balaban J connectivity index is 1.54. The van der Waals surface area contributed by atoms with Crippen LogP contribution in [0.2, 0.25) is 15.1 Å². The van der Waals surface area contributed by atoms with Gasteiger partial charge in [0.1, 0.15) is 0 Å². The van der Waals surface area contributed by atoms with Gasteiger partial charge in [-0.2, -0.15) is 13.2 Å². The quantitative estimate of drug-likeness (QED) is 0.180. The van der Waals surface area contributed by atoms with Crippen LogP contribution in [-0.4, -0.2) is 29.1 Å². The van der Waals surface area contributed by atoms with E-state index in [4.69, 9.17) is 39.6 Å². The molecule has 1 unspecified atom stereocenters. The Morgan fingerprint density at radius 3 is 2.30 bits per heavy atom. The molecule has 0 fully saturated rings. The van der Waals surface area contributed by atoms with Crippen molar-refractivity contribution in [3.63, 3.8) is 0 Å². The van der Waals surface area contributed by atoms with Crippen molar-refractivity contribution < 1.29 is 27.7 Å². The highest BCUT2D eigenvalue weighted by molar-refractivity contribution is 6.34. The number of anilines is 1. The van der Waals surface area contributed by atoms with Gasteiger partial charge in [0, 0.05) is 45.3 Å². The molecule has 37 heavy (non-hydrogen) atoms. The van der Waals surface area contributed by atoms with Gasteiger partial charge in [-0.3, -0.25) is 14.9 Å². The molecular weight excluding hydrogens is 558 g/mol. The number of nitrogens with zero attached hydrogens (tertiary/aromatic N) is 2. The minimum Gasteiger partial charge on any atom is -0.376 e. The minimum absolute atomic E-state index is 0.00478. The van der Waals surface area contributed by atoms with Gasteiger partial charge in [0.15, 0.2) is 5.78 Å². The predicted molar refractivity (Wildman–Crippen MR) is 134 cm³/mol. The number of nitrogens with one attached hydrogen (secondary N) is 1. The summed E-state index contributed by atoms with van der Waals surface area (Å²) in [6, 6.07) is 13.0. The average Bonchev–Trinajstić information content (AvgIpc) is 3.30. The van der Waals surface area contributed by atoms with Crippen molar-refractivity contribution >= 4 is 57.7 Å². The summed E-state index contributed by atoms with van der Waals surface area (Å²) in [6.07, 6.45) is -5.51. The maximum absolute atomic E-state index is 14.2. The summed E-state index contributed by atoms with van der Waals surface area (Å²) in [4.78, 5) is 27.7. The van der Waals surface area contributed by atoms with Crippen molar-refractivity contribution in [3.05, 3.63) is 103 Å². The van der Waals surface area contributed by atoms with Crippen LogP contribution in [0.3, 0.4) is 0 Å². The average molecular weight is 573 g/mol. The number of carbonyl (C=O) groups is 1. The van der Waals surface area contributed by atoms with Crippen LogP contribution in [0.4, 0.5) is 24.5 Å². The number of benzene rings is 3. The molecule has 1 N–H and O–H groups in total. The van der Waals surface area contributed by atoms with Crippen LogP contribution >= 0.6 is 34.8 Å². The van der Waals surface area contributed by atoms with Gasteiger partial charge in [0.05, 0.1) is 27.9 Å². The molecule has 3 aromatic rings. The van der Waals surface area contributed by atoms with Crippen LogP contribution in [0.5, 0.6) is 0 Å². The number of ketones is 1. The highest BCUT2D eigenvalue weighted by atomic mass is 35.5. The maximum Gasteiger partial charge on any atom is 0.435 e. The fourth-order valence-electron chi connectivity index (χ4n) is 3.73. The standard InChI is InChI=1S/C24H15Cl3F3N3O4/c25-16-8-15(9-17(26)10-16)23(24(28,29)30)11-21(32-37-23)14-3-6-19(27)20(7-14)31-12-22(34)13-1-4-18(5-2-13)33(35)36/h1-10,31H,11-12H2. The Kier molecular flexibility index (Phi) is 7.36. The number of non-ortho nitro benzene ring substituents is 1. The lowest BCUT2D eigenvalue weighted by atomic mass is 9.86. The summed E-state index contributed by atoms with van der Waals surface area (Å²) in [5, 5.41) is 17.6. The third-order valence-corrected chi connectivity index (χ3v) is 6.42. The molecule has 13 heteroatoms. The third kappa shape index (κ3) is 5.51. The lowest BCUT2D eigenvalue weighted by Crippen LogP contribution is -2.42. The van der Waals surface area contributed by atoms with E-state index in [0.29, 0.717) is 0 Å². The van der Waals surface area contributed by atoms with Crippen molar-refractivity contribution in [2.45, 2.75) is 18.2 Å². The Morgan fingerprint density at radius 2 is 1.70 bits per heavy atom. The zero-order valence-corrected chi connectivity index (χ0v) is 20.8. The molecule has 0 bridgehead atoms. The van der Waals surface area contributed by atoms with Gasteiger partial charge in [-0.15, -0.1) is 0 Å². The zero-order valence-electron chi connectivity index (χ0n) is 18.5. The number of hydrogen-bond acceptors (Lipinski definition) is 6. The lowest BCUT2D eigenvalue weighted by Gasteiger charge is -2.29. The van der Waals surface area contributed by atoms with Gasteiger partial charge in [-0.05, 0) is 42.5 Å². The number of oxime groups is 1. The molecule has 0 amide bonds. The number of halogens is 6. The molecule has 192 valence electrons. The Morgan fingerprint density at radius 1 is 1.05 bits per heavy atom. The first-order valence-electron chi connectivity index (χ1n) is 10.5. The van der Waals surface area contributed by atoms with E-state index in [1.54, 1.807) is 0 Å². The predicted octanol–water partition coefficient (Wildman–Crippen LogP) is 7.43. The zero-order chi connectivity index (χ0) is 27.0. The van der Waals surface area contributed by atoms with E-state index in [1.165, 1.54) is 48.5 Å². The number of rotatable bonds is 7. The van der Waals surface area contributed by atoms with E-state index in [9.17, 15) is 28.1 Å². The van der Waals surface area contributed by atoms with Gasteiger partial charge < -0.3 is 10.2 Å². The van der Waals surface area contributed by atoms with Crippen LogP contribution in [0.25, 0.3) is 0 Å². The number of nitro benzene ring substituents is 1.